The van der Waals surface area contributed by atoms with Crippen LogP contribution in [0.15, 0.2) is 30.3 Å². The van der Waals surface area contributed by atoms with Gasteiger partial charge in [-0.25, -0.2) is 4.85 Å². The van der Waals surface area contributed by atoms with Crippen molar-refractivity contribution < 1.29 is 0 Å². The van der Waals surface area contributed by atoms with Crippen LogP contribution in [-0.4, -0.2) is 13.2 Å². The van der Waals surface area contributed by atoms with Gasteiger partial charge in [0.25, 0.3) is 0 Å². The molecule has 0 aliphatic carbocycles. The van der Waals surface area contributed by atoms with Crippen LogP contribution in [0.5, 0.6) is 0 Å². The number of benzene rings is 2. The summed E-state index contributed by atoms with van der Waals surface area (Å²) in [7, 11) is 2.11. The normalized spacial score (nSPS) is 16.6. The molecule has 3 heteroatoms. The molecule has 1 heterocycles. The van der Waals surface area contributed by atoms with Gasteiger partial charge in [0.15, 0.2) is 5.69 Å². The van der Waals surface area contributed by atoms with Crippen molar-refractivity contribution in [3.05, 3.63) is 58.4 Å². The van der Waals surface area contributed by atoms with Crippen molar-refractivity contribution in [2.24, 2.45) is 0 Å². The zero-order valence-corrected chi connectivity index (χ0v) is 13.8. The van der Waals surface area contributed by atoms with Gasteiger partial charge < -0.3 is 9.80 Å². The minimum absolute atomic E-state index is 0.232. The second-order valence-corrected chi connectivity index (χ2v) is 6.12. The average Bonchev–Trinajstić information content (AvgIpc) is 2.74. The Morgan fingerprint density at radius 1 is 1.00 bits per heavy atom. The van der Waals surface area contributed by atoms with Gasteiger partial charge in [-0.3, -0.25) is 0 Å². The molecule has 112 valence electrons. The van der Waals surface area contributed by atoms with Crippen LogP contribution in [0.4, 0.5) is 22.7 Å². The highest BCUT2D eigenvalue weighted by Crippen LogP contribution is 2.46. The lowest BCUT2D eigenvalue weighted by atomic mass is 10.0. The number of aryl methyl sites for hydroxylation is 2. The molecule has 22 heavy (non-hydrogen) atoms. The summed E-state index contributed by atoms with van der Waals surface area (Å²) in [4.78, 5) is 8.20. The van der Waals surface area contributed by atoms with E-state index in [4.69, 9.17) is 6.57 Å². The van der Waals surface area contributed by atoms with Crippen molar-refractivity contribution in [2.75, 3.05) is 16.8 Å². The second-order valence-electron chi connectivity index (χ2n) is 6.12. The van der Waals surface area contributed by atoms with Crippen LogP contribution < -0.4 is 9.80 Å². The van der Waals surface area contributed by atoms with E-state index in [-0.39, 0.29) is 6.17 Å². The lowest BCUT2D eigenvalue weighted by Gasteiger charge is -2.30. The SMILES string of the molecule is [C-]#[N+]c1ccc2c(c1)N(c1cc(C)cc(C)c1C)[C@@H](C)N2C. The molecule has 0 unspecified atom stereocenters. The van der Waals surface area contributed by atoms with Crippen LogP contribution >= 0.6 is 0 Å². The molecule has 1 aliphatic rings. The van der Waals surface area contributed by atoms with Gasteiger partial charge >= 0.3 is 0 Å². The number of rotatable bonds is 1. The summed E-state index contributed by atoms with van der Waals surface area (Å²) in [6.45, 7) is 16.0. The van der Waals surface area contributed by atoms with E-state index in [0.717, 1.165) is 5.69 Å². The molecule has 0 amide bonds. The monoisotopic (exact) mass is 291 g/mol. The number of hydrogen-bond acceptors (Lipinski definition) is 2. The Labute approximate surface area is 132 Å². The lowest BCUT2D eigenvalue weighted by molar-refractivity contribution is 0.732. The molecule has 0 saturated carbocycles. The van der Waals surface area contributed by atoms with Gasteiger partial charge in [-0.1, -0.05) is 12.1 Å². The van der Waals surface area contributed by atoms with Gasteiger partial charge in [0.05, 0.1) is 17.9 Å². The average molecular weight is 291 g/mol. The Hall–Kier alpha value is -2.47. The molecule has 0 bridgehead atoms. The minimum Gasteiger partial charge on any atom is -0.353 e. The molecule has 0 N–H and O–H groups in total. The molecular weight excluding hydrogens is 270 g/mol. The van der Waals surface area contributed by atoms with Crippen LogP contribution in [0.1, 0.15) is 23.6 Å². The maximum Gasteiger partial charge on any atom is 0.189 e. The van der Waals surface area contributed by atoms with E-state index in [2.05, 4.69) is 67.6 Å². The first-order valence-electron chi connectivity index (χ1n) is 7.55. The van der Waals surface area contributed by atoms with Crippen molar-refractivity contribution in [1.29, 1.82) is 0 Å². The third kappa shape index (κ3) is 2.03. The van der Waals surface area contributed by atoms with E-state index in [1.807, 2.05) is 12.1 Å². The van der Waals surface area contributed by atoms with Crippen LogP contribution in [-0.2, 0) is 0 Å². The molecule has 0 radical (unpaired) electrons. The highest BCUT2D eigenvalue weighted by atomic mass is 15.4. The van der Waals surface area contributed by atoms with E-state index in [1.165, 1.54) is 28.1 Å². The molecule has 0 spiro atoms. The molecule has 0 saturated heterocycles. The zero-order valence-electron chi connectivity index (χ0n) is 13.8. The third-order valence-electron chi connectivity index (χ3n) is 4.71. The van der Waals surface area contributed by atoms with Gasteiger partial charge in [0, 0.05) is 12.7 Å². The summed E-state index contributed by atoms with van der Waals surface area (Å²) in [6.07, 6.45) is 0.232. The molecule has 2 aromatic carbocycles. The Morgan fingerprint density at radius 3 is 2.41 bits per heavy atom. The predicted molar refractivity (Wildman–Crippen MR) is 93.4 cm³/mol. The van der Waals surface area contributed by atoms with Gasteiger partial charge in [-0.15, -0.1) is 0 Å². The Kier molecular flexibility index (Phi) is 3.33. The third-order valence-corrected chi connectivity index (χ3v) is 4.71. The van der Waals surface area contributed by atoms with Crippen molar-refractivity contribution in [1.82, 2.24) is 0 Å². The van der Waals surface area contributed by atoms with Gasteiger partial charge in [0.2, 0.25) is 0 Å². The van der Waals surface area contributed by atoms with E-state index in [0.29, 0.717) is 5.69 Å². The van der Waals surface area contributed by atoms with E-state index in [1.54, 1.807) is 0 Å². The van der Waals surface area contributed by atoms with E-state index in [9.17, 15) is 0 Å². The molecule has 3 nitrogen and oxygen atoms in total. The summed E-state index contributed by atoms with van der Waals surface area (Å²) in [5.41, 5.74) is 8.09. The summed E-state index contributed by atoms with van der Waals surface area (Å²) < 4.78 is 0. The second kappa shape index (κ2) is 5.06. The van der Waals surface area contributed by atoms with Crippen LogP contribution in [0.2, 0.25) is 0 Å². The first kappa shape index (κ1) is 14.5. The van der Waals surface area contributed by atoms with Crippen molar-refractivity contribution >= 4 is 22.7 Å². The predicted octanol–water partition coefficient (Wildman–Crippen LogP) is 5.10. The summed E-state index contributed by atoms with van der Waals surface area (Å²) >= 11 is 0. The Morgan fingerprint density at radius 2 is 1.73 bits per heavy atom. The van der Waals surface area contributed by atoms with E-state index < -0.39 is 0 Å². The topological polar surface area (TPSA) is 10.8 Å². The molecule has 0 aromatic heterocycles. The fourth-order valence-corrected chi connectivity index (χ4v) is 3.25. The largest absolute Gasteiger partial charge is 0.353 e. The number of hydrogen-bond donors (Lipinski definition) is 0. The molecule has 0 fully saturated rings. The minimum atomic E-state index is 0.232. The summed E-state index contributed by atoms with van der Waals surface area (Å²) in [5.74, 6) is 0. The smallest absolute Gasteiger partial charge is 0.189 e. The van der Waals surface area contributed by atoms with Gasteiger partial charge in [0.1, 0.15) is 6.17 Å². The lowest BCUT2D eigenvalue weighted by Crippen LogP contribution is -2.36. The highest BCUT2D eigenvalue weighted by molar-refractivity contribution is 5.87. The maximum absolute atomic E-state index is 7.28. The highest BCUT2D eigenvalue weighted by Gasteiger charge is 2.32. The van der Waals surface area contributed by atoms with Crippen LogP contribution in [0, 0.1) is 27.3 Å². The van der Waals surface area contributed by atoms with Gasteiger partial charge in [-0.05, 0) is 62.6 Å². The first-order chi connectivity index (χ1) is 10.4. The number of nitrogens with zero attached hydrogens (tertiary/aromatic N) is 3. The Balaban J connectivity index is 2.23. The number of anilines is 3. The van der Waals surface area contributed by atoms with E-state index >= 15 is 0 Å². The Bertz CT molecular complexity index is 786. The number of fused-ring (bicyclic) bond motifs is 1. The summed E-state index contributed by atoms with van der Waals surface area (Å²) in [6, 6.07) is 10.4. The van der Waals surface area contributed by atoms with Crippen molar-refractivity contribution in [2.45, 2.75) is 33.9 Å². The standard InChI is InChI=1S/C19H21N3/c1-12-9-13(2)14(3)18(10-12)22-15(4)21(6)17-8-7-16(20-5)11-19(17)22/h7-11,15H,1-4,6H3/t15-/m0/s1. The quantitative estimate of drug-likeness (QED) is 0.677. The molecular formula is C19H21N3. The van der Waals surface area contributed by atoms with Crippen molar-refractivity contribution in [3.8, 4) is 0 Å². The molecule has 3 rings (SSSR count). The first-order valence-corrected chi connectivity index (χ1v) is 7.55. The molecule has 1 aliphatic heterocycles. The fraction of sp³-hybridized carbons (Fsp3) is 0.316. The maximum atomic E-state index is 7.28. The van der Waals surface area contributed by atoms with Crippen LogP contribution in [0.3, 0.4) is 0 Å². The van der Waals surface area contributed by atoms with Crippen molar-refractivity contribution in [3.63, 3.8) is 0 Å². The van der Waals surface area contributed by atoms with Crippen LogP contribution in [0.25, 0.3) is 4.85 Å². The molecule has 2 aromatic rings. The zero-order chi connectivity index (χ0) is 16.0. The fourth-order valence-electron chi connectivity index (χ4n) is 3.25. The molecule has 1 atom stereocenters. The van der Waals surface area contributed by atoms with Gasteiger partial charge in [-0.2, -0.15) is 0 Å². The summed E-state index contributed by atoms with van der Waals surface area (Å²) in [5, 5.41) is 0.